The van der Waals surface area contributed by atoms with Gasteiger partial charge in [0.05, 0.1) is 6.20 Å². The first kappa shape index (κ1) is 15.4. The Balaban J connectivity index is 1.40. The van der Waals surface area contributed by atoms with E-state index in [1.165, 1.54) is 22.8 Å². The summed E-state index contributed by atoms with van der Waals surface area (Å²) in [7, 11) is 0. The maximum absolute atomic E-state index is 12.4. The second-order valence-electron chi connectivity index (χ2n) is 5.90. The Labute approximate surface area is 143 Å². The third-order valence-corrected chi connectivity index (χ3v) is 4.26. The molecule has 0 bridgehead atoms. The van der Waals surface area contributed by atoms with Crippen molar-refractivity contribution in [1.29, 1.82) is 0 Å². The largest absolute Gasteiger partial charge is 0.351 e. The fourth-order valence-corrected chi connectivity index (χ4v) is 3.06. The number of aromatic amines is 1. The van der Waals surface area contributed by atoms with E-state index in [2.05, 4.69) is 41.0 Å². The molecule has 3 aromatic rings. The molecule has 0 aliphatic heterocycles. The SMILES string of the molecule is Cc1nc(CCNC(=O)c2cn[nH]c2-n2cnnn2)nc2c1CCC2. The number of H-pyrrole nitrogens is 1. The molecule has 2 N–H and O–H groups in total. The van der Waals surface area contributed by atoms with Crippen LogP contribution in [0.3, 0.4) is 0 Å². The van der Waals surface area contributed by atoms with Crippen molar-refractivity contribution in [3.8, 4) is 5.82 Å². The minimum Gasteiger partial charge on any atom is -0.351 e. The monoisotopic (exact) mass is 339 g/mol. The Hall–Kier alpha value is -3.17. The highest BCUT2D eigenvalue weighted by molar-refractivity contribution is 5.96. The summed E-state index contributed by atoms with van der Waals surface area (Å²) in [6.07, 6.45) is 6.65. The van der Waals surface area contributed by atoms with Gasteiger partial charge in [-0.15, -0.1) is 5.10 Å². The molecule has 10 heteroatoms. The number of aryl methyl sites for hydroxylation is 2. The van der Waals surface area contributed by atoms with Crippen molar-refractivity contribution in [2.75, 3.05) is 6.54 Å². The second kappa shape index (κ2) is 6.38. The van der Waals surface area contributed by atoms with Crippen LogP contribution in [-0.2, 0) is 19.3 Å². The maximum atomic E-state index is 12.4. The molecule has 1 amide bonds. The molecule has 10 nitrogen and oxygen atoms in total. The van der Waals surface area contributed by atoms with Crippen LogP contribution in [0.15, 0.2) is 12.5 Å². The second-order valence-corrected chi connectivity index (χ2v) is 5.90. The van der Waals surface area contributed by atoms with Crippen molar-refractivity contribution in [1.82, 2.24) is 45.7 Å². The van der Waals surface area contributed by atoms with Crippen molar-refractivity contribution in [2.45, 2.75) is 32.6 Å². The van der Waals surface area contributed by atoms with Crippen molar-refractivity contribution in [3.63, 3.8) is 0 Å². The minimum atomic E-state index is -0.253. The number of carbonyl (C=O) groups excluding carboxylic acids is 1. The molecule has 128 valence electrons. The fourth-order valence-electron chi connectivity index (χ4n) is 3.06. The third kappa shape index (κ3) is 2.97. The van der Waals surface area contributed by atoms with Crippen LogP contribution in [0.2, 0.25) is 0 Å². The van der Waals surface area contributed by atoms with E-state index in [0.717, 1.165) is 36.5 Å². The molecule has 25 heavy (non-hydrogen) atoms. The number of nitrogens with zero attached hydrogens (tertiary/aromatic N) is 7. The van der Waals surface area contributed by atoms with Crippen LogP contribution >= 0.6 is 0 Å². The van der Waals surface area contributed by atoms with Crippen LogP contribution < -0.4 is 5.32 Å². The van der Waals surface area contributed by atoms with Crippen LogP contribution in [0.4, 0.5) is 0 Å². The van der Waals surface area contributed by atoms with E-state index in [0.29, 0.717) is 24.3 Å². The number of tetrazole rings is 1. The Kier molecular flexibility index (Phi) is 3.92. The lowest BCUT2D eigenvalue weighted by Crippen LogP contribution is -2.27. The molecular formula is C15H17N9O. The molecule has 0 saturated heterocycles. The highest BCUT2D eigenvalue weighted by Gasteiger charge is 2.18. The van der Waals surface area contributed by atoms with Gasteiger partial charge in [-0.2, -0.15) is 9.78 Å². The summed E-state index contributed by atoms with van der Waals surface area (Å²) in [5.74, 6) is 0.940. The first-order valence-corrected chi connectivity index (χ1v) is 8.12. The molecule has 0 unspecified atom stereocenters. The molecule has 0 aromatic carbocycles. The molecule has 0 saturated carbocycles. The van der Waals surface area contributed by atoms with Crippen molar-refractivity contribution in [3.05, 3.63) is 40.9 Å². The molecule has 0 spiro atoms. The standard InChI is InChI=1S/C15H17N9O/c1-9-10-3-2-4-12(10)20-13(19-9)5-6-16-15(25)11-7-17-21-14(11)24-8-18-22-23-24/h7-8H,2-6H2,1H3,(H,16,25)(H,17,21). The van der Waals surface area contributed by atoms with E-state index < -0.39 is 0 Å². The summed E-state index contributed by atoms with van der Waals surface area (Å²) in [5.41, 5.74) is 3.87. The van der Waals surface area contributed by atoms with Crippen LogP contribution in [0.1, 0.15) is 39.6 Å². The van der Waals surface area contributed by atoms with Gasteiger partial charge in [0.2, 0.25) is 0 Å². The van der Waals surface area contributed by atoms with E-state index in [-0.39, 0.29) is 5.91 Å². The molecule has 0 radical (unpaired) electrons. The molecule has 1 aliphatic carbocycles. The lowest BCUT2D eigenvalue weighted by atomic mass is 10.2. The van der Waals surface area contributed by atoms with E-state index in [9.17, 15) is 4.79 Å². The first-order chi connectivity index (χ1) is 12.2. The number of hydrogen-bond donors (Lipinski definition) is 2. The van der Waals surface area contributed by atoms with Crippen LogP contribution in [-0.4, -0.2) is 52.8 Å². The number of carbonyl (C=O) groups is 1. The molecule has 0 atom stereocenters. The average Bonchev–Trinajstić information content (AvgIpc) is 3.34. The molecule has 4 rings (SSSR count). The summed E-state index contributed by atoms with van der Waals surface area (Å²) < 4.78 is 1.36. The van der Waals surface area contributed by atoms with Gasteiger partial charge < -0.3 is 5.32 Å². The van der Waals surface area contributed by atoms with Gasteiger partial charge in [-0.25, -0.2) is 9.97 Å². The number of aromatic nitrogens is 8. The zero-order valence-electron chi connectivity index (χ0n) is 13.7. The zero-order chi connectivity index (χ0) is 17.2. The van der Waals surface area contributed by atoms with Gasteiger partial charge in [0.25, 0.3) is 5.91 Å². The Morgan fingerprint density at radius 1 is 1.36 bits per heavy atom. The third-order valence-electron chi connectivity index (χ3n) is 4.26. The number of amides is 1. The summed E-state index contributed by atoms with van der Waals surface area (Å²) >= 11 is 0. The molecule has 1 aliphatic rings. The zero-order valence-corrected chi connectivity index (χ0v) is 13.7. The van der Waals surface area contributed by atoms with Gasteiger partial charge in [0.1, 0.15) is 17.7 Å². The number of rotatable bonds is 5. The predicted octanol–water partition coefficient (Wildman–Crippen LogP) is -0.0550. The van der Waals surface area contributed by atoms with Crippen molar-refractivity contribution in [2.24, 2.45) is 0 Å². The van der Waals surface area contributed by atoms with Gasteiger partial charge in [-0.05, 0) is 42.2 Å². The van der Waals surface area contributed by atoms with E-state index >= 15 is 0 Å². The highest BCUT2D eigenvalue weighted by atomic mass is 16.1. The Bertz CT molecular complexity index is 900. The van der Waals surface area contributed by atoms with Crippen LogP contribution in [0.25, 0.3) is 5.82 Å². The van der Waals surface area contributed by atoms with E-state index in [4.69, 9.17) is 0 Å². The highest BCUT2D eigenvalue weighted by Crippen LogP contribution is 2.22. The van der Waals surface area contributed by atoms with Gasteiger partial charge in [-0.1, -0.05) is 0 Å². The lowest BCUT2D eigenvalue weighted by Gasteiger charge is -2.08. The van der Waals surface area contributed by atoms with Gasteiger partial charge >= 0.3 is 0 Å². The first-order valence-electron chi connectivity index (χ1n) is 8.12. The Morgan fingerprint density at radius 3 is 3.12 bits per heavy atom. The van der Waals surface area contributed by atoms with E-state index in [1.54, 1.807) is 0 Å². The topological polar surface area (TPSA) is 127 Å². The van der Waals surface area contributed by atoms with E-state index in [1.807, 2.05) is 6.92 Å². The minimum absolute atomic E-state index is 0.253. The maximum Gasteiger partial charge on any atom is 0.256 e. The summed E-state index contributed by atoms with van der Waals surface area (Å²) in [4.78, 5) is 21.5. The normalized spacial score (nSPS) is 13.0. The predicted molar refractivity (Wildman–Crippen MR) is 86.1 cm³/mol. The molecule has 0 fully saturated rings. The van der Waals surface area contributed by atoms with Crippen LogP contribution in [0, 0.1) is 6.92 Å². The molecule has 3 heterocycles. The summed E-state index contributed by atoms with van der Waals surface area (Å²) in [6.45, 7) is 2.47. The summed E-state index contributed by atoms with van der Waals surface area (Å²) in [5, 5.41) is 20.3. The van der Waals surface area contributed by atoms with Gasteiger partial charge in [0, 0.05) is 24.4 Å². The van der Waals surface area contributed by atoms with Gasteiger partial charge in [0.15, 0.2) is 5.82 Å². The lowest BCUT2D eigenvalue weighted by molar-refractivity contribution is 0.0954. The Morgan fingerprint density at radius 2 is 2.28 bits per heavy atom. The molecular weight excluding hydrogens is 322 g/mol. The number of fused-ring (bicyclic) bond motifs is 1. The average molecular weight is 339 g/mol. The summed E-state index contributed by atoms with van der Waals surface area (Å²) in [6, 6.07) is 0. The smallest absolute Gasteiger partial charge is 0.256 e. The van der Waals surface area contributed by atoms with Crippen LogP contribution in [0.5, 0.6) is 0 Å². The number of nitrogens with one attached hydrogen (secondary N) is 2. The quantitative estimate of drug-likeness (QED) is 0.667. The number of hydrogen-bond acceptors (Lipinski definition) is 7. The fraction of sp³-hybridized carbons (Fsp3) is 0.400. The van der Waals surface area contributed by atoms with Crippen molar-refractivity contribution >= 4 is 5.91 Å². The molecule has 3 aromatic heterocycles. The van der Waals surface area contributed by atoms with Gasteiger partial charge in [-0.3, -0.25) is 9.89 Å². The van der Waals surface area contributed by atoms with Crippen molar-refractivity contribution < 1.29 is 4.79 Å².